The summed E-state index contributed by atoms with van der Waals surface area (Å²) in [5.74, 6) is -0.178. The van der Waals surface area contributed by atoms with Crippen molar-refractivity contribution in [3.63, 3.8) is 0 Å². The van der Waals surface area contributed by atoms with E-state index in [1.807, 2.05) is 30.3 Å². The Hall–Kier alpha value is -1.81. The van der Waals surface area contributed by atoms with Gasteiger partial charge in [-0.2, -0.15) is 0 Å². The normalized spacial score (nSPS) is 12.1. The van der Waals surface area contributed by atoms with E-state index in [0.717, 1.165) is 11.3 Å². The highest BCUT2D eigenvalue weighted by Crippen LogP contribution is 2.19. The molecule has 0 aliphatic carbocycles. The Morgan fingerprint density at radius 3 is 2.83 bits per heavy atom. The SMILES string of the molecule is O=C(NCCc1cnc[nH]1)C(Cl)c1ccccc1. The second-order valence-corrected chi connectivity index (χ2v) is 4.33. The number of imidazole rings is 1. The molecule has 1 heterocycles. The lowest BCUT2D eigenvalue weighted by Gasteiger charge is -2.10. The summed E-state index contributed by atoms with van der Waals surface area (Å²) >= 11 is 6.09. The number of nitrogens with one attached hydrogen (secondary N) is 2. The van der Waals surface area contributed by atoms with Gasteiger partial charge in [0.25, 0.3) is 0 Å². The molecule has 0 aliphatic rings. The highest BCUT2D eigenvalue weighted by atomic mass is 35.5. The molecule has 0 saturated heterocycles. The molecule has 18 heavy (non-hydrogen) atoms. The number of alkyl halides is 1. The number of benzene rings is 1. The van der Waals surface area contributed by atoms with E-state index >= 15 is 0 Å². The number of halogens is 1. The molecule has 1 unspecified atom stereocenters. The van der Waals surface area contributed by atoms with Gasteiger partial charge in [0, 0.05) is 24.9 Å². The van der Waals surface area contributed by atoms with Crippen molar-refractivity contribution in [2.75, 3.05) is 6.54 Å². The summed E-state index contributed by atoms with van der Waals surface area (Å²) in [6, 6.07) is 9.30. The molecule has 5 heteroatoms. The van der Waals surface area contributed by atoms with Gasteiger partial charge in [-0.05, 0) is 5.56 Å². The molecule has 0 radical (unpaired) electrons. The molecule has 0 fully saturated rings. The van der Waals surface area contributed by atoms with Crippen molar-refractivity contribution in [1.82, 2.24) is 15.3 Å². The summed E-state index contributed by atoms with van der Waals surface area (Å²) in [5, 5.41) is 2.16. The van der Waals surface area contributed by atoms with Crippen LogP contribution in [0.25, 0.3) is 0 Å². The number of hydrogen-bond donors (Lipinski definition) is 2. The number of rotatable bonds is 5. The van der Waals surface area contributed by atoms with Gasteiger partial charge in [0.2, 0.25) is 5.91 Å². The van der Waals surface area contributed by atoms with Gasteiger partial charge < -0.3 is 10.3 Å². The van der Waals surface area contributed by atoms with Crippen LogP contribution in [-0.4, -0.2) is 22.4 Å². The van der Waals surface area contributed by atoms with E-state index in [0.29, 0.717) is 13.0 Å². The third kappa shape index (κ3) is 3.34. The van der Waals surface area contributed by atoms with E-state index in [9.17, 15) is 4.79 Å². The number of H-pyrrole nitrogens is 1. The number of aromatic nitrogens is 2. The topological polar surface area (TPSA) is 57.8 Å². The lowest BCUT2D eigenvalue weighted by molar-refractivity contribution is -0.120. The highest BCUT2D eigenvalue weighted by molar-refractivity contribution is 6.30. The van der Waals surface area contributed by atoms with Gasteiger partial charge in [0.15, 0.2) is 0 Å². The number of aromatic amines is 1. The third-order valence-corrected chi connectivity index (χ3v) is 3.02. The molecule has 2 rings (SSSR count). The number of amides is 1. The van der Waals surface area contributed by atoms with Crippen molar-refractivity contribution in [3.8, 4) is 0 Å². The summed E-state index contributed by atoms with van der Waals surface area (Å²) in [4.78, 5) is 18.7. The summed E-state index contributed by atoms with van der Waals surface area (Å²) in [5.41, 5.74) is 1.79. The van der Waals surface area contributed by atoms with Crippen LogP contribution in [0.2, 0.25) is 0 Å². The van der Waals surface area contributed by atoms with Gasteiger partial charge in [0.1, 0.15) is 5.38 Å². The molecule has 4 nitrogen and oxygen atoms in total. The fourth-order valence-electron chi connectivity index (χ4n) is 1.60. The van der Waals surface area contributed by atoms with Crippen LogP contribution >= 0.6 is 11.6 Å². The first-order valence-electron chi connectivity index (χ1n) is 5.71. The molecule has 1 amide bonds. The largest absolute Gasteiger partial charge is 0.354 e. The molecule has 94 valence electrons. The minimum absolute atomic E-state index is 0.178. The van der Waals surface area contributed by atoms with Gasteiger partial charge in [-0.15, -0.1) is 11.6 Å². The zero-order valence-corrected chi connectivity index (χ0v) is 10.5. The maximum atomic E-state index is 11.8. The van der Waals surface area contributed by atoms with Crippen molar-refractivity contribution >= 4 is 17.5 Å². The molecule has 0 saturated carbocycles. The summed E-state index contributed by atoms with van der Waals surface area (Å²) < 4.78 is 0. The average Bonchev–Trinajstić information content (AvgIpc) is 2.92. The van der Waals surface area contributed by atoms with Crippen LogP contribution in [0.1, 0.15) is 16.6 Å². The van der Waals surface area contributed by atoms with Crippen molar-refractivity contribution in [3.05, 3.63) is 54.1 Å². The maximum absolute atomic E-state index is 11.8. The van der Waals surface area contributed by atoms with Crippen LogP contribution < -0.4 is 5.32 Å². The Balaban J connectivity index is 1.81. The molecule has 0 bridgehead atoms. The van der Waals surface area contributed by atoms with E-state index in [4.69, 9.17) is 11.6 Å². The zero-order chi connectivity index (χ0) is 12.8. The predicted octanol–water partition coefficient (Wildman–Crippen LogP) is 2.05. The molecule has 1 aromatic carbocycles. The molecule has 0 aliphatic heterocycles. The minimum Gasteiger partial charge on any atom is -0.354 e. The van der Waals surface area contributed by atoms with Gasteiger partial charge in [-0.3, -0.25) is 4.79 Å². The van der Waals surface area contributed by atoms with E-state index in [1.165, 1.54) is 0 Å². The van der Waals surface area contributed by atoms with E-state index < -0.39 is 5.38 Å². The zero-order valence-electron chi connectivity index (χ0n) is 9.77. The van der Waals surface area contributed by atoms with Gasteiger partial charge in [0.05, 0.1) is 6.33 Å². The van der Waals surface area contributed by atoms with E-state index in [1.54, 1.807) is 12.5 Å². The quantitative estimate of drug-likeness (QED) is 0.811. The Bertz CT molecular complexity index is 484. The fraction of sp³-hybridized carbons (Fsp3) is 0.231. The number of nitrogens with zero attached hydrogens (tertiary/aromatic N) is 1. The number of hydrogen-bond acceptors (Lipinski definition) is 2. The molecule has 0 spiro atoms. The fourth-order valence-corrected chi connectivity index (χ4v) is 1.83. The maximum Gasteiger partial charge on any atom is 0.242 e. The number of carbonyl (C=O) groups excluding carboxylic acids is 1. The molecule has 2 aromatic rings. The van der Waals surface area contributed by atoms with Crippen molar-refractivity contribution in [2.24, 2.45) is 0 Å². The summed E-state index contributed by atoms with van der Waals surface area (Å²) in [6.07, 6.45) is 4.07. The molecule has 1 aromatic heterocycles. The Labute approximate surface area is 110 Å². The average molecular weight is 264 g/mol. The van der Waals surface area contributed by atoms with Crippen molar-refractivity contribution in [1.29, 1.82) is 0 Å². The standard InChI is InChI=1S/C13H14ClN3O/c14-12(10-4-2-1-3-5-10)13(18)16-7-6-11-8-15-9-17-11/h1-5,8-9,12H,6-7H2,(H,15,17)(H,16,18). The van der Waals surface area contributed by atoms with Gasteiger partial charge >= 0.3 is 0 Å². The van der Waals surface area contributed by atoms with Crippen LogP contribution in [0.15, 0.2) is 42.9 Å². The van der Waals surface area contributed by atoms with Crippen molar-refractivity contribution in [2.45, 2.75) is 11.8 Å². The summed E-state index contributed by atoms with van der Waals surface area (Å²) in [7, 11) is 0. The molecule has 2 N–H and O–H groups in total. The monoisotopic (exact) mass is 263 g/mol. The van der Waals surface area contributed by atoms with E-state index in [2.05, 4.69) is 15.3 Å². The second kappa shape index (κ2) is 6.21. The van der Waals surface area contributed by atoms with Crippen LogP contribution in [0.3, 0.4) is 0 Å². The molecular formula is C13H14ClN3O. The smallest absolute Gasteiger partial charge is 0.242 e. The first kappa shape index (κ1) is 12.6. The minimum atomic E-state index is -0.645. The second-order valence-electron chi connectivity index (χ2n) is 3.89. The predicted molar refractivity (Wildman–Crippen MR) is 70.3 cm³/mol. The lowest BCUT2D eigenvalue weighted by atomic mass is 10.1. The number of carbonyl (C=O) groups is 1. The van der Waals surface area contributed by atoms with E-state index in [-0.39, 0.29) is 5.91 Å². The van der Waals surface area contributed by atoms with Gasteiger partial charge in [-0.25, -0.2) is 4.98 Å². The van der Waals surface area contributed by atoms with Crippen LogP contribution in [0.5, 0.6) is 0 Å². The Kier molecular flexibility index (Phi) is 4.36. The Morgan fingerprint density at radius 2 is 2.17 bits per heavy atom. The van der Waals surface area contributed by atoms with Gasteiger partial charge in [-0.1, -0.05) is 30.3 Å². The van der Waals surface area contributed by atoms with Crippen LogP contribution in [-0.2, 0) is 11.2 Å². The van der Waals surface area contributed by atoms with Crippen LogP contribution in [0, 0.1) is 0 Å². The van der Waals surface area contributed by atoms with Crippen molar-refractivity contribution < 1.29 is 4.79 Å². The highest BCUT2D eigenvalue weighted by Gasteiger charge is 2.16. The third-order valence-electron chi connectivity index (χ3n) is 2.57. The van der Waals surface area contributed by atoms with Crippen LogP contribution in [0.4, 0.5) is 0 Å². The first-order chi connectivity index (χ1) is 8.77. The Morgan fingerprint density at radius 1 is 1.39 bits per heavy atom. The first-order valence-corrected chi connectivity index (χ1v) is 6.15. The molecule has 1 atom stereocenters. The summed E-state index contributed by atoms with van der Waals surface area (Å²) in [6.45, 7) is 0.539. The lowest BCUT2D eigenvalue weighted by Crippen LogP contribution is -2.28. The molecular weight excluding hydrogens is 250 g/mol.